The first kappa shape index (κ1) is 12.9. The van der Waals surface area contributed by atoms with Crippen molar-refractivity contribution < 1.29 is 15.0 Å². The lowest BCUT2D eigenvalue weighted by atomic mass is 9.71. The van der Waals surface area contributed by atoms with Gasteiger partial charge in [0.1, 0.15) is 0 Å². The molecular weight excluding hydrogens is 252 g/mol. The Kier molecular flexibility index (Phi) is 3.28. The summed E-state index contributed by atoms with van der Waals surface area (Å²) in [4.78, 5) is 11.6. The summed E-state index contributed by atoms with van der Waals surface area (Å²) in [5.41, 5.74) is 2.75. The van der Waals surface area contributed by atoms with Crippen LogP contribution in [-0.4, -0.2) is 16.2 Å². The Morgan fingerprint density at radius 3 is 2.20 bits per heavy atom. The minimum absolute atomic E-state index is 0.201. The van der Waals surface area contributed by atoms with Gasteiger partial charge in [-0.15, -0.1) is 0 Å². The highest BCUT2D eigenvalue weighted by molar-refractivity contribution is 5.73. The van der Waals surface area contributed by atoms with Gasteiger partial charge in [-0.3, -0.25) is 4.79 Å². The van der Waals surface area contributed by atoms with Gasteiger partial charge in [0.15, 0.2) is 0 Å². The molecule has 0 aromatic heterocycles. The molecule has 3 atom stereocenters. The molecule has 0 aliphatic heterocycles. The fourth-order valence-corrected chi connectivity index (χ4v) is 3.13. The number of aliphatic carboxylic acids is 1. The number of hydrogen-bond acceptors (Lipinski definition) is 2. The Hall–Kier alpha value is -2.13. The van der Waals surface area contributed by atoms with Gasteiger partial charge in [0.25, 0.3) is 0 Å². The maximum atomic E-state index is 11.6. The van der Waals surface area contributed by atoms with E-state index in [-0.39, 0.29) is 12.3 Å². The molecule has 0 spiro atoms. The molecule has 0 fully saturated rings. The van der Waals surface area contributed by atoms with Crippen LogP contribution in [0.4, 0.5) is 0 Å². The number of aliphatic hydroxyl groups excluding tert-OH is 1. The van der Waals surface area contributed by atoms with Crippen molar-refractivity contribution in [3.8, 4) is 0 Å². The monoisotopic (exact) mass is 268 g/mol. The van der Waals surface area contributed by atoms with E-state index in [0.717, 1.165) is 16.7 Å². The predicted molar refractivity (Wildman–Crippen MR) is 75.4 cm³/mol. The van der Waals surface area contributed by atoms with Gasteiger partial charge in [0.2, 0.25) is 0 Å². The lowest BCUT2D eigenvalue weighted by molar-refractivity contribution is -0.143. The zero-order chi connectivity index (χ0) is 14.1. The number of carboxylic acids is 1. The second-order valence-electron chi connectivity index (χ2n) is 5.21. The molecule has 3 nitrogen and oxygen atoms in total. The van der Waals surface area contributed by atoms with Gasteiger partial charge in [-0.05, 0) is 23.1 Å². The van der Waals surface area contributed by atoms with E-state index in [9.17, 15) is 15.0 Å². The van der Waals surface area contributed by atoms with Crippen LogP contribution in [0.3, 0.4) is 0 Å². The smallest absolute Gasteiger partial charge is 0.307 e. The van der Waals surface area contributed by atoms with E-state index in [1.807, 2.05) is 54.6 Å². The summed E-state index contributed by atoms with van der Waals surface area (Å²) in [6, 6.07) is 17.2. The highest BCUT2D eigenvalue weighted by Crippen LogP contribution is 2.44. The van der Waals surface area contributed by atoms with Gasteiger partial charge in [-0.2, -0.15) is 0 Å². The van der Waals surface area contributed by atoms with Crippen molar-refractivity contribution in [2.75, 3.05) is 0 Å². The van der Waals surface area contributed by atoms with Gasteiger partial charge in [-0.25, -0.2) is 0 Å². The summed E-state index contributed by atoms with van der Waals surface area (Å²) in [7, 11) is 0. The average molecular weight is 268 g/mol. The highest BCUT2D eigenvalue weighted by Gasteiger charge is 2.38. The molecule has 0 amide bonds. The number of hydrogen-bond donors (Lipinski definition) is 2. The Balaban J connectivity index is 2.16. The standard InChI is InChI=1S/C17H16O3/c18-15-10-14(17(19)20)16(11-6-2-1-3-7-11)13-9-5-4-8-12(13)15/h1-9,14-16,18H,10H2,(H,19,20)/t14-,15+,16-/m0/s1. The first-order valence-electron chi connectivity index (χ1n) is 6.73. The average Bonchev–Trinajstić information content (AvgIpc) is 2.48. The van der Waals surface area contributed by atoms with Crippen molar-refractivity contribution in [1.29, 1.82) is 0 Å². The van der Waals surface area contributed by atoms with E-state index in [2.05, 4.69) is 0 Å². The van der Waals surface area contributed by atoms with E-state index in [4.69, 9.17) is 0 Å². The lowest BCUT2D eigenvalue weighted by Crippen LogP contribution is -2.30. The van der Waals surface area contributed by atoms with E-state index < -0.39 is 18.0 Å². The quantitative estimate of drug-likeness (QED) is 0.880. The van der Waals surface area contributed by atoms with Crippen LogP contribution in [0.2, 0.25) is 0 Å². The first-order valence-corrected chi connectivity index (χ1v) is 6.73. The van der Waals surface area contributed by atoms with Crippen LogP contribution in [0.5, 0.6) is 0 Å². The number of benzene rings is 2. The van der Waals surface area contributed by atoms with E-state index in [1.54, 1.807) is 0 Å². The molecule has 0 radical (unpaired) electrons. The Labute approximate surface area is 117 Å². The summed E-state index contributed by atoms with van der Waals surface area (Å²) in [5, 5.41) is 19.7. The zero-order valence-electron chi connectivity index (χ0n) is 10.9. The fraction of sp³-hybridized carbons (Fsp3) is 0.235. The zero-order valence-corrected chi connectivity index (χ0v) is 10.9. The lowest BCUT2D eigenvalue weighted by Gasteiger charge is -2.34. The maximum absolute atomic E-state index is 11.6. The van der Waals surface area contributed by atoms with Crippen molar-refractivity contribution >= 4 is 5.97 Å². The van der Waals surface area contributed by atoms with Crippen molar-refractivity contribution in [3.05, 3.63) is 71.3 Å². The Morgan fingerprint density at radius 2 is 1.55 bits per heavy atom. The van der Waals surface area contributed by atoms with Gasteiger partial charge >= 0.3 is 5.97 Å². The number of carbonyl (C=O) groups is 1. The van der Waals surface area contributed by atoms with Crippen LogP contribution >= 0.6 is 0 Å². The minimum atomic E-state index is -0.854. The molecule has 20 heavy (non-hydrogen) atoms. The van der Waals surface area contributed by atoms with Crippen LogP contribution in [0.15, 0.2) is 54.6 Å². The summed E-state index contributed by atoms with van der Waals surface area (Å²) in [6.45, 7) is 0. The fourth-order valence-electron chi connectivity index (χ4n) is 3.13. The third-order valence-electron chi connectivity index (χ3n) is 4.05. The molecule has 3 heteroatoms. The van der Waals surface area contributed by atoms with Crippen molar-refractivity contribution in [3.63, 3.8) is 0 Å². The molecule has 2 N–H and O–H groups in total. The van der Waals surface area contributed by atoms with Crippen LogP contribution in [0.1, 0.15) is 35.1 Å². The van der Waals surface area contributed by atoms with Gasteiger partial charge in [0, 0.05) is 5.92 Å². The second kappa shape index (κ2) is 5.10. The first-order chi connectivity index (χ1) is 9.68. The van der Waals surface area contributed by atoms with Crippen LogP contribution in [0, 0.1) is 5.92 Å². The maximum Gasteiger partial charge on any atom is 0.307 e. The minimum Gasteiger partial charge on any atom is -0.481 e. The van der Waals surface area contributed by atoms with E-state index in [0.29, 0.717) is 0 Å². The summed E-state index contributed by atoms with van der Waals surface area (Å²) < 4.78 is 0. The normalized spacial score (nSPS) is 24.9. The van der Waals surface area contributed by atoms with Crippen molar-refractivity contribution in [1.82, 2.24) is 0 Å². The molecule has 0 saturated carbocycles. The molecule has 102 valence electrons. The Morgan fingerprint density at radius 1 is 0.950 bits per heavy atom. The summed E-state index contributed by atoms with van der Waals surface area (Å²) in [5.74, 6) is -1.65. The predicted octanol–water partition coefficient (Wildman–Crippen LogP) is 2.96. The summed E-state index contributed by atoms with van der Waals surface area (Å²) in [6.07, 6.45) is -0.446. The molecule has 0 saturated heterocycles. The highest BCUT2D eigenvalue weighted by atomic mass is 16.4. The molecular formula is C17H16O3. The Bertz CT molecular complexity index is 621. The molecule has 1 aliphatic rings. The van der Waals surface area contributed by atoms with E-state index >= 15 is 0 Å². The number of rotatable bonds is 2. The van der Waals surface area contributed by atoms with Gasteiger partial charge in [-0.1, -0.05) is 54.6 Å². The van der Waals surface area contributed by atoms with Crippen LogP contribution < -0.4 is 0 Å². The topological polar surface area (TPSA) is 57.5 Å². The van der Waals surface area contributed by atoms with Crippen molar-refractivity contribution in [2.24, 2.45) is 5.92 Å². The molecule has 0 bridgehead atoms. The molecule has 0 unspecified atom stereocenters. The molecule has 2 aromatic rings. The second-order valence-corrected chi connectivity index (χ2v) is 5.21. The van der Waals surface area contributed by atoms with Crippen LogP contribution in [-0.2, 0) is 4.79 Å². The molecule has 1 aliphatic carbocycles. The number of carboxylic acid groups (broad SMARTS) is 1. The number of fused-ring (bicyclic) bond motifs is 1. The van der Waals surface area contributed by atoms with Crippen molar-refractivity contribution in [2.45, 2.75) is 18.4 Å². The molecule has 3 rings (SSSR count). The van der Waals surface area contributed by atoms with Gasteiger partial charge in [0.05, 0.1) is 12.0 Å². The molecule has 0 heterocycles. The third kappa shape index (κ3) is 2.10. The SMILES string of the molecule is O=C(O)[C@H]1C[C@@H](O)c2ccccc2[C@@H]1c1ccccc1. The van der Waals surface area contributed by atoms with E-state index in [1.165, 1.54) is 0 Å². The third-order valence-corrected chi connectivity index (χ3v) is 4.05. The van der Waals surface area contributed by atoms with Crippen LogP contribution in [0.25, 0.3) is 0 Å². The van der Waals surface area contributed by atoms with Gasteiger partial charge < -0.3 is 10.2 Å². The molecule has 2 aromatic carbocycles. The number of aliphatic hydroxyl groups is 1. The summed E-state index contributed by atoms with van der Waals surface area (Å²) >= 11 is 0. The largest absolute Gasteiger partial charge is 0.481 e.